The number of hydrogen-bond donors (Lipinski definition) is 0. The Morgan fingerprint density at radius 2 is 1.04 bits per heavy atom. The molecule has 27 heavy (non-hydrogen) atoms. The van der Waals surface area contributed by atoms with Crippen molar-refractivity contribution in [1.29, 1.82) is 0 Å². The second-order valence-electron chi connectivity index (χ2n) is 5.28. The fourth-order valence-corrected chi connectivity index (χ4v) is 3.93. The second-order valence-corrected chi connectivity index (χ2v) is 8.92. The molecule has 142 valence electrons. The molecule has 0 bridgehead atoms. The molecule has 0 aliphatic heterocycles. The summed E-state index contributed by atoms with van der Waals surface area (Å²) >= 11 is 2.41. The predicted octanol–water partition coefficient (Wildman–Crippen LogP) is 6.61. The minimum atomic E-state index is -1.35. The first-order chi connectivity index (χ1) is 12.7. The smallest absolute Gasteiger partial charge is 0.176 e. The molecule has 8 heteroatoms. The van der Waals surface area contributed by atoms with Gasteiger partial charge in [-0.05, 0) is 76.4 Å². The summed E-state index contributed by atoms with van der Waals surface area (Å²) in [4.78, 5) is 1.70. The van der Waals surface area contributed by atoms with Gasteiger partial charge in [-0.15, -0.1) is 0 Å². The third kappa shape index (κ3) is 5.50. The van der Waals surface area contributed by atoms with Crippen molar-refractivity contribution in [2.75, 3.05) is 0 Å². The van der Waals surface area contributed by atoms with Crippen molar-refractivity contribution < 1.29 is 21.8 Å². The average molecular weight is 618 g/mol. The van der Waals surface area contributed by atoms with Crippen molar-refractivity contribution in [2.24, 2.45) is 0 Å². The van der Waals surface area contributed by atoms with Crippen molar-refractivity contribution in [3.63, 3.8) is 0 Å². The molecule has 0 unspecified atom stereocenters. The Morgan fingerprint density at radius 3 is 1.44 bits per heavy atom. The summed E-state index contributed by atoms with van der Waals surface area (Å²) in [5.41, 5.74) is 1.18. The normalized spacial score (nSPS) is 11.5. The Kier molecular flexibility index (Phi) is 8.22. The Morgan fingerprint density at radius 1 is 0.667 bits per heavy atom. The van der Waals surface area contributed by atoms with Gasteiger partial charge in [-0.3, -0.25) is 0 Å². The number of rotatable bonds is 2. The van der Waals surface area contributed by atoms with Crippen molar-refractivity contribution in [3.8, 4) is 0 Å². The summed E-state index contributed by atoms with van der Waals surface area (Å²) < 4.78 is 61.3. The van der Waals surface area contributed by atoms with Crippen molar-refractivity contribution in [2.45, 2.75) is 16.7 Å². The van der Waals surface area contributed by atoms with E-state index in [0.29, 0.717) is 0 Å². The van der Waals surface area contributed by atoms with Crippen LogP contribution in [0.25, 0.3) is 0 Å². The predicted molar refractivity (Wildman–Crippen MR) is 114 cm³/mol. The average Bonchev–Trinajstić information content (AvgIpc) is 2.70. The summed E-state index contributed by atoms with van der Waals surface area (Å²) in [5, 5.41) is 0. The van der Waals surface area contributed by atoms with Crippen LogP contribution in [0.3, 0.4) is 0 Å². The molecule has 3 aromatic carbocycles. The maximum atomic E-state index is 12.6. The van der Waals surface area contributed by atoms with Crippen LogP contribution in [0.4, 0.5) is 17.6 Å². The molecule has 0 aliphatic carbocycles. The first-order valence-electron chi connectivity index (χ1n) is 7.44. The van der Waals surface area contributed by atoms with Gasteiger partial charge >= 0.3 is 0 Å². The molecule has 0 aliphatic rings. The summed E-state index contributed by atoms with van der Waals surface area (Å²) in [6.07, 6.45) is 0. The zero-order valence-electron chi connectivity index (χ0n) is 13.8. The fourth-order valence-electron chi connectivity index (χ4n) is 1.92. The van der Waals surface area contributed by atoms with E-state index in [1.807, 2.05) is 61.5 Å². The highest BCUT2D eigenvalue weighted by molar-refractivity contribution is 14.1. The van der Waals surface area contributed by atoms with Gasteiger partial charge in [0.15, 0.2) is 23.3 Å². The van der Waals surface area contributed by atoms with Gasteiger partial charge in [0.1, 0.15) is 0 Å². The second kappa shape index (κ2) is 9.97. The third-order valence-electron chi connectivity index (χ3n) is 3.35. The monoisotopic (exact) mass is 618 g/mol. The zero-order chi connectivity index (χ0) is 20.1. The molecule has 0 heterocycles. The topological polar surface area (TPSA) is 17.1 Å². The van der Waals surface area contributed by atoms with Gasteiger partial charge in [-0.1, -0.05) is 35.9 Å². The highest BCUT2D eigenvalue weighted by atomic mass is 127. The lowest BCUT2D eigenvalue weighted by atomic mass is 10.2. The van der Waals surface area contributed by atoms with E-state index in [4.69, 9.17) is 0 Å². The van der Waals surface area contributed by atoms with E-state index in [0.717, 1.165) is 9.79 Å². The van der Waals surface area contributed by atoms with Gasteiger partial charge in [-0.2, -0.15) is 0 Å². The summed E-state index contributed by atoms with van der Waals surface area (Å²) in [7, 11) is -1.06. The lowest BCUT2D eigenvalue weighted by Crippen LogP contribution is -2.02. The molecular weight excluding hydrogens is 606 g/mol. The van der Waals surface area contributed by atoms with Crippen LogP contribution in [-0.4, -0.2) is 4.21 Å². The largest absolute Gasteiger partial charge is 0.249 e. The van der Waals surface area contributed by atoms with Crippen LogP contribution in [0.15, 0.2) is 64.4 Å². The molecule has 0 amide bonds. The highest BCUT2D eigenvalue weighted by Crippen LogP contribution is 2.26. The number of halogens is 6. The molecule has 0 spiro atoms. The first kappa shape index (κ1) is 22.3. The van der Waals surface area contributed by atoms with Crippen LogP contribution < -0.4 is 0 Å². The van der Waals surface area contributed by atoms with Gasteiger partial charge in [0.25, 0.3) is 0 Å². The van der Waals surface area contributed by atoms with Gasteiger partial charge < -0.3 is 0 Å². The van der Waals surface area contributed by atoms with E-state index in [1.165, 1.54) is 50.7 Å². The SMILES string of the molecule is Cc1ccc([S@](=O)c2ccccc2)cc1.Fc1c(F)c(I)c(F)c(F)c1I. The van der Waals surface area contributed by atoms with E-state index < -0.39 is 41.2 Å². The molecule has 0 N–H and O–H groups in total. The van der Waals surface area contributed by atoms with Crippen LogP contribution in [0.2, 0.25) is 0 Å². The molecule has 0 saturated heterocycles. The molecule has 1 nitrogen and oxygen atoms in total. The summed E-state index contributed by atoms with van der Waals surface area (Å²) in [6.45, 7) is 2.02. The van der Waals surface area contributed by atoms with Crippen LogP contribution >= 0.6 is 45.2 Å². The van der Waals surface area contributed by atoms with Crippen LogP contribution in [0, 0.1) is 37.3 Å². The standard InChI is InChI=1S/C13H12OS.C6F4I2/c1-11-7-9-13(10-8-11)15(14)12-5-3-2-4-6-12;7-1-2(8)6(12)4(10)3(9)5(1)11/h2-10H,1H3;/t15-;/m1./s1. The molecule has 0 fully saturated rings. The Labute approximate surface area is 183 Å². The van der Waals surface area contributed by atoms with Crippen LogP contribution in [0.1, 0.15) is 5.56 Å². The number of benzene rings is 3. The molecule has 0 saturated carbocycles. The minimum Gasteiger partial charge on any atom is -0.249 e. The van der Waals surface area contributed by atoms with Crippen LogP contribution in [-0.2, 0) is 10.8 Å². The molecule has 3 aromatic rings. The highest BCUT2D eigenvalue weighted by Gasteiger charge is 2.21. The Hall–Kier alpha value is -1.01. The summed E-state index contributed by atoms with van der Waals surface area (Å²) in [5.74, 6) is -5.39. The van der Waals surface area contributed by atoms with Gasteiger partial charge in [0.05, 0.1) is 17.9 Å². The molecule has 0 aromatic heterocycles. The van der Waals surface area contributed by atoms with E-state index >= 15 is 0 Å². The first-order valence-corrected chi connectivity index (χ1v) is 10.7. The molecular formula is C19H12F4I2OS. The molecule has 0 radical (unpaired) electrons. The Bertz CT molecular complexity index is 859. The quantitative estimate of drug-likeness (QED) is 0.137. The van der Waals surface area contributed by atoms with Crippen LogP contribution in [0.5, 0.6) is 0 Å². The fraction of sp³-hybridized carbons (Fsp3) is 0.0526. The lowest BCUT2D eigenvalue weighted by Gasteiger charge is -2.02. The van der Waals surface area contributed by atoms with E-state index in [2.05, 4.69) is 0 Å². The zero-order valence-corrected chi connectivity index (χ0v) is 18.9. The number of aryl methyl sites for hydroxylation is 1. The maximum absolute atomic E-state index is 12.6. The van der Waals surface area contributed by atoms with Crippen molar-refractivity contribution >= 4 is 56.0 Å². The minimum absolute atomic E-state index is 0.664. The molecule has 1 atom stereocenters. The van der Waals surface area contributed by atoms with Gasteiger partial charge in [0.2, 0.25) is 0 Å². The van der Waals surface area contributed by atoms with Gasteiger partial charge in [0, 0.05) is 9.79 Å². The number of hydrogen-bond acceptors (Lipinski definition) is 1. The maximum Gasteiger partial charge on any atom is 0.176 e. The van der Waals surface area contributed by atoms with E-state index in [1.54, 1.807) is 0 Å². The lowest BCUT2D eigenvalue weighted by molar-refractivity contribution is 0.437. The summed E-state index contributed by atoms with van der Waals surface area (Å²) in [6, 6.07) is 17.3. The van der Waals surface area contributed by atoms with Crippen molar-refractivity contribution in [3.05, 3.63) is 90.6 Å². The van der Waals surface area contributed by atoms with E-state index in [9.17, 15) is 21.8 Å². The van der Waals surface area contributed by atoms with Gasteiger partial charge in [-0.25, -0.2) is 21.8 Å². The molecule has 3 rings (SSSR count). The van der Waals surface area contributed by atoms with E-state index in [-0.39, 0.29) is 0 Å². The van der Waals surface area contributed by atoms with Crippen molar-refractivity contribution in [1.82, 2.24) is 0 Å². The third-order valence-corrected chi connectivity index (χ3v) is 6.64. The Balaban J connectivity index is 0.000000199.